The summed E-state index contributed by atoms with van der Waals surface area (Å²) in [7, 11) is 3.55. The Morgan fingerprint density at radius 1 is 1.58 bits per heavy atom. The maximum atomic E-state index is 11.4. The summed E-state index contributed by atoms with van der Waals surface area (Å²) in [6.45, 7) is 2.12. The number of amides is 1. The summed E-state index contributed by atoms with van der Waals surface area (Å²) in [6.07, 6.45) is 7.04. The molecule has 1 amide bonds. The van der Waals surface area contributed by atoms with E-state index in [1.54, 1.807) is 19.0 Å². The van der Waals surface area contributed by atoms with Gasteiger partial charge in [0.25, 0.3) is 5.91 Å². The fraction of sp³-hybridized carbons (Fsp3) is 0.500. The Hall–Kier alpha value is -1.05. The fourth-order valence-corrected chi connectivity index (χ4v) is 1.24. The van der Waals surface area contributed by atoms with Crippen LogP contribution in [0.2, 0.25) is 0 Å². The number of nitrogens with zero attached hydrogens (tertiary/aromatic N) is 1. The highest BCUT2D eigenvalue weighted by molar-refractivity contribution is 5.96. The monoisotopic (exact) mass is 165 g/mol. The second kappa shape index (κ2) is 3.57. The number of carbonyl (C=O) groups is 1. The van der Waals surface area contributed by atoms with Crippen LogP contribution in [-0.2, 0) is 4.79 Å². The van der Waals surface area contributed by atoms with Gasteiger partial charge in [0.05, 0.1) is 0 Å². The SMILES string of the molecule is C[C@H]1C=C(C(=O)N(C)C)C=CC1. The van der Waals surface area contributed by atoms with Crippen molar-refractivity contribution in [1.29, 1.82) is 0 Å². The van der Waals surface area contributed by atoms with Gasteiger partial charge in [0.15, 0.2) is 0 Å². The van der Waals surface area contributed by atoms with E-state index in [2.05, 4.69) is 13.0 Å². The van der Waals surface area contributed by atoms with Gasteiger partial charge in [-0.3, -0.25) is 4.79 Å². The lowest BCUT2D eigenvalue weighted by atomic mass is 9.97. The number of likely N-dealkylation sites (N-methyl/N-ethyl adjacent to an activating group) is 1. The van der Waals surface area contributed by atoms with Gasteiger partial charge in [-0.05, 0) is 12.3 Å². The zero-order chi connectivity index (χ0) is 9.14. The molecule has 1 rings (SSSR count). The fourth-order valence-electron chi connectivity index (χ4n) is 1.24. The molecule has 66 valence electrons. The van der Waals surface area contributed by atoms with Crippen molar-refractivity contribution in [3.63, 3.8) is 0 Å². The molecule has 0 radical (unpaired) electrons. The molecule has 2 nitrogen and oxygen atoms in total. The molecule has 0 fully saturated rings. The van der Waals surface area contributed by atoms with Gasteiger partial charge in [0.1, 0.15) is 0 Å². The molecule has 0 aromatic heterocycles. The molecule has 0 spiro atoms. The summed E-state index contributed by atoms with van der Waals surface area (Å²) in [5.74, 6) is 0.590. The Kier molecular flexibility index (Phi) is 2.69. The van der Waals surface area contributed by atoms with E-state index in [4.69, 9.17) is 0 Å². The van der Waals surface area contributed by atoms with E-state index in [1.807, 2.05) is 12.2 Å². The first kappa shape index (κ1) is 9.04. The first-order chi connectivity index (χ1) is 5.61. The lowest BCUT2D eigenvalue weighted by molar-refractivity contribution is -0.124. The van der Waals surface area contributed by atoms with E-state index < -0.39 is 0 Å². The molecule has 0 aromatic rings. The van der Waals surface area contributed by atoms with Crippen LogP contribution in [0.15, 0.2) is 23.8 Å². The third-order valence-corrected chi connectivity index (χ3v) is 1.92. The minimum Gasteiger partial charge on any atom is -0.345 e. The summed E-state index contributed by atoms with van der Waals surface area (Å²) < 4.78 is 0. The van der Waals surface area contributed by atoms with Crippen LogP contribution in [-0.4, -0.2) is 24.9 Å². The minimum absolute atomic E-state index is 0.0952. The van der Waals surface area contributed by atoms with E-state index in [0.29, 0.717) is 5.92 Å². The quantitative estimate of drug-likeness (QED) is 0.578. The van der Waals surface area contributed by atoms with Crippen LogP contribution < -0.4 is 0 Å². The third kappa shape index (κ3) is 1.97. The zero-order valence-electron chi connectivity index (χ0n) is 7.87. The summed E-state index contributed by atoms with van der Waals surface area (Å²) >= 11 is 0. The molecule has 0 saturated heterocycles. The molecule has 0 heterocycles. The van der Waals surface area contributed by atoms with Crippen LogP contribution in [0.4, 0.5) is 0 Å². The Balaban J connectivity index is 2.75. The maximum Gasteiger partial charge on any atom is 0.253 e. The molecule has 0 bridgehead atoms. The second-order valence-corrected chi connectivity index (χ2v) is 3.44. The molecule has 0 aromatic carbocycles. The summed E-state index contributed by atoms with van der Waals surface area (Å²) in [6, 6.07) is 0. The number of hydrogen-bond acceptors (Lipinski definition) is 1. The molecule has 0 saturated carbocycles. The first-order valence-corrected chi connectivity index (χ1v) is 4.21. The van der Waals surface area contributed by atoms with Crippen LogP contribution in [0.25, 0.3) is 0 Å². The van der Waals surface area contributed by atoms with Crippen LogP contribution >= 0.6 is 0 Å². The maximum absolute atomic E-state index is 11.4. The zero-order valence-corrected chi connectivity index (χ0v) is 7.87. The van der Waals surface area contributed by atoms with Crippen molar-refractivity contribution in [2.75, 3.05) is 14.1 Å². The van der Waals surface area contributed by atoms with Crippen LogP contribution in [0.5, 0.6) is 0 Å². The molecule has 0 aliphatic heterocycles. The standard InChI is InChI=1S/C10H15NO/c1-8-5-4-6-9(7-8)10(12)11(2)3/h4,6-8H,5H2,1-3H3/t8-/m1/s1. The molecular weight excluding hydrogens is 150 g/mol. The number of rotatable bonds is 1. The number of carbonyl (C=O) groups excluding carboxylic acids is 1. The topological polar surface area (TPSA) is 20.3 Å². The highest BCUT2D eigenvalue weighted by Gasteiger charge is 2.12. The van der Waals surface area contributed by atoms with Crippen LogP contribution in [0, 0.1) is 5.92 Å². The Morgan fingerprint density at radius 3 is 2.75 bits per heavy atom. The van der Waals surface area contributed by atoms with E-state index in [9.17, 15) is 4.79 Å². The molecule has 1 aliphatic rings. The van der Waals surface area contributed by atoms with Gasteiger partial charge in [-0.2, -0.15) is 0 Å². The van der Waals surface area contributed by atoms with E-state index in [0.717, 1.165) is 12.0 Å². The minimum atomic E-state index is 0.0952. The average molecular weight is 165 g/mol. The van der Waals surface area contributed by atoms with Gasteiger partial charge < -0.3 is 4.90 Å². The van der Waals surface area contributed by atoms with Crippen molar-refractivity contribution in [2.45, 2.75) is 13.3 Å². The number of allylic oxidation sites excluding steroid dienone is 2. The van der Waals surface area contributed by atoms with Gasteiger partial charge >= 0.3 is 0 Å². The third-order valence-electron chi connectivity index (χ3n) is 1.92. The van der Waals surface area contributed by atoms with Crippen LogP contribution in [0.1, 0.15) is 13.3 Å². The van der Waals surface area contributed by atoms with Crippen molar-refractivity contribution in [2.24, 2.45) is 5.92 Å². The predicted octanol–water partition coefficient (Wildman–Crippen LogP) is 1.60. The van der Waals surface area contributed by atoms with Gasteiger partial charge in [-0.1, -0.05) is 25.2 Å². The average Bonchev–Trinajstić information content (AvgIpc) is 2.03. The van der Waals surface area contributed by atoms with E-state index in [1.165, 1.54) is 0 Å². The van der Waals surface area contributed by atoms with Crippen LogP contribution in [0.3, 0.4) is 0 Å². The smallest absolute Gasteiger partial charge is 0.253 e. The van der Waals surface area contributed by atoms with Crippen molar-refractivity contribution in [1.82, 2.24) is 4.90 Å². The first-order valence-electron chi connectivity index (χ1n) is 4.21. The van der Waals surface area contributed by atoms with Crippen molar-refractivity contribution < 1.29 is 4.79 Å². The van der Waals surface area contributed by atoms with Crippen molar-refractivity contribution in [3.05, 3.63) is 23.8 Å². The summed E-state index contributed by atoms with van der Waals surface area (Å²) in [4.78, 5) is 13.1. The molecule has 0 N–H and O–H groups in total. The van der Waals surface area contributed by atoms with Gasteiger partial charge in [-0.15, -0.1) is 0 Å². The van der Waals surface area contributed by atoms with Gasteiger partial charge in [0.2, 0.25) is 0 Å². The van der Waals surface area contributed by atoms with Crippen molar-refractivity contribution in [3.8, 4) is 0 Å². The lowest BCUT2D eigenvalue weighted by Gasteiger charge is -2.15. The predicted molar refractivity (Wildman–Crippen MR) is 49.7 cm³/mol. The second-order valence-electron chi connectivity index (χ2n) is 3.44. The molecule has 1 aliphatic carbocycles. The highest BCUT2D eigenvalue weighted by atomic mass is 16.2. The van der Waals surface area contributed by atoms with E-state index in [-0.39, 0.29) is 5.91 Å². The molecular formula is C10H15NO. The van der Waals surface area contributed by atoms with Crippen molar-refractivity contribution >= 4 is 5.91 Å². The molecule has 0 unspecified atom stereocenters. The summed E-state index contributed by atoms with van der Waals surface area (Å²) in [5, 5.41) is 0. The Labute approximate surface area is 73.6 Å². The molecule has 1 atom stereocenters. The highest BCUT2D eigenvalue weighted by Crippen LogP contribution is 2.16. The largest absolute Gasteiger partial charge is 0.345 e. The lowest BCUT2D eigenvalue weighted by Crippen LogP contribution is -2.23. The van der Waals surface area contributed by atoms with Gasteiger partial charge in [-0.25, -0.2) is 0 Å². The molecule has 2 heteroatoms. The Bertz CT molecular complexity index is 238. The number of hydrogen-bond donors (Lipinski definition) is 0. The normalized spacial score (nSPS) is 21.9. The Morgan fingerprint density at radius 2 is 2.25 bits per heavy atom. The van der Waals surface area contributed by atoms with Gasteiger partial charge in [0, 0.05) is 19.7 Å². The van der Waals surface area contributed by atoms with E-state index >= 15 is 0 Å². The summed E-state index contributed by atoms with van der Waals surface area (Å²) in [5.41, 5.74) is 0.818. The molecule has 12 heavy (non-hydrogen) atoms.